The summed E-state index contributed by atoms with van der Waals surface area (Å²) >= 11 is -0.899. The van der Waals surface area contributed by atoms with Crippen molar-refractivity contribution < 1.29 is 23.2 Å². The van der Waals surface area contributed by atoms with E-state index in [0.717, 1.165) is 12.8 Å². The van der Waals surface area contributed by atoms with Gasteiger partial charge in [0.15, 0.2) is 0 Å². The second kappa shape index (κ2) is 12.9. The Hall–Kier alpha value is -1.68. The van der Waals surface area contributed by atoms with Gasteiger partial charge in [-0.2, -0.15) is 0 Å². The van der Waals surface area contributed by atoms with Gasteiger partial charge in [-0.25, -0.2) is 0 Å². The monoisotopic (exact) mass is 630 g/mol. The fraction of sp³-hybridized carbons (Fsp3) is 0.412. The third-order valence-corrected chi connectivity index (χ3v) is 17.1. The van der Waals surface area contributed by atoms with Gasteiger partial charge in [0.05, 0.1) is 0 Å². The van der Waals surface area contributed by atoms with Gasteiger partial charge in [0.2, 0.25) is 0 Å². The van der Waals surface area contributed by atoms with Crippen LogP contribution in [0.5, 0.6) is 0 Å². The predicted octanol–water partition coefficient (Wildman–Crippen LogP) is 8.56. The van der Waals surface area contributed by atoms with Crippen molar-refractivity contribution >= 4 is 29.0 Å². The molecule has 0 fully saturated rings. The van der Waals surface area contributed by atoms with E-state index in [1.165, 1.54) is 11.4 Å². The molecule has 0 bridgehead atoms. The van der Waals surface area contributed by atoms with Gasteiger partial charge in [-0.05, 0) is 0 Å². The molecule has 0 radical (unpaired) electrons. The van der Waals surface area contributed by atoms with Crippen molar-refractivity contribution in [1.82, 2.24) is 0 Å². The Kier molecular flexibility index (Phi) is 10.00. The van der Waals surface area contributed by atoms with Crippen LogP contribution in [0, 0.1) is 10.8 Å². The molecule has 0 aromatic heterocycles. The van der Waals surface area contributed by atoms with Gasteiger partial charge < -0.3 is 0 Å². The molecule has 2 nitrogen and oxygen atoms in total. The molecule has 0 saturated heterocycles. The Morgan fingerprint density at radius 2 is 0.974 bits per heavy atom. The summed E-state index contributed by atoms with van der Waals surface area (Å²) in [4.78, 5) is 0. The average molecular weight is 632 g/mol. The van der Waals surface area contributed by atoms with Crippen LogP contribution in [0.2, 0.25) is 26.2 Å². The van der Waals surface area contributed by atoms with E-state index in [1.54, 1.807) is 17.7 Å². The van der Waals surface area contributed by atoms with Crippen LogP contribution < -0.4 is 10.6 Å². The Labute approximate surface area is 252 Å². The fourth-order valence-corrected chi connectivity index (χ4v) is 16.1. The molecule has 2 atom stereocenters. The summed E-state index contributed by atoms with van der Waals surface area (Å²) < 4.78 is 3.58. The zero-order valence-corrected chi connectivity index (χ0v) is 30.1. The summed E-state index contributed by atoms with van der Waals surface area (Å²) in [6, 6.07) is 21.7. The molecule has 0 spiro atoms. The van der Waals surface area contributed by atoms with E-state index in [4.69, 9.17) is 0 Å². The third-order valence-electron chi connectivity index (χ3n) is 8.63. The normalized spacial score (nSPS) is 17.4. The molecule has 206 valence electrons. The Balaban J connectivity index is 1.64. The first-order valence-electron chi connectivity index (χ1n) is 14.7. The van der Waals surface area contributed by atoms with Gasteiger partial charge in [-0.3, -0.25) is 0 Å². The topological polar surface area (TPSA) is 24.1 Å². The van der Waals surface area contributed by atoms with Crippen LogP contribution in [0.3, 0.4) is 0 Å². The third kappa shape index (κ3) is 6.97. The van der Waals surface area contributed by atoms with Crippen LogP contribution in [0.15, 0.2) is 103 Å². The van der Waals surface area contributed by atoms with E-state index in [1.807, 2.05) is 0 Å². The molecular formula is C34H48N2Si2Zr. The quantitative estimate of drug-likeness (QED) is 0.229. The van der Waals surface area contributed by atoms with Crippen LogP contribution in [0.25, 0.3) is 0 Å². The number of allylic oxidation sites excluding steroid dienone is 6. The molecule has 2 N–H and O–H groups in total. The van der Waals surface area contributed by atoms with Crippen molar-refractivity contribution in [1.29, 1.82) is 0 Å². The Morgan fingerprint density at radius 1 is 0.615 bits per heavy atom. The molecule has 2 aromatic carbocycles. The molecule has 0 amide bonds. The number of benzene rings is 2. The summed E-state index contributed by atoms with van der Waals surface area (Å²) in [5.74, 6) is 0. The molecule has 2 aliphatic rings. The van der Waals surface area contributed by atoms with Gasteiger partial charge in [0.1, 0.15) is 0 Å². The summed E-state index contributed by atoms with van der Waals surface area (Å²) in [7, 11) is -1.98. The van der Waals surface area contributed by atoms with Crippen molar-refractivity contribution in [2.45, 2.75) is 78.1 Å². The van der Waals surface area contributed by atoms with Gasteiger partial charge in [0.25, 0.3) is 0 Å². The van der Waals surface area contributed by atoms with Crippen LogP contribution >= 0.6 is 0 Å². The van der Waals surface area contributed by atoms with Crippen LogP contribution in [-0.4, -0.2) is 28.9 Å². The first-order valence-corrected chi connectivity index (χ1v) is 23.1. The number of anilines is 2. The van der Waals surface area contributed by atoms with Crippen LogP contribution in [0.4, 0.5) is 11.4 Å². The summed E-state index contributed by atoms with van der Waals surface area (Å²) in [5.41, 5.74) is 7.02. The Morgan fingerprint density at radius 3 is 1.31 bits per heavy atom. The van der Waals surface area contributed by atoms with Crippen molar-refractivity contribution in [3.63, 3.8) is 0 Å². The molecule has 0 heterocycles. The predicted molar refractivity (Wildman–Crippen MR) is 175 cm³/mol. The van der Waals surface area contributed by atoms with E-state index in [0.29, 0.717) is 11.3 Å². The molecular weight excluding hydrogens is 584 g/mol. The van der Waals surface area contributed by atoms with E-state index in [-0.39, 0.29) is 10.8 Å². The van der Waals surface area contributed by atoms with Crippen molar-refractivity contribution in [2.24, 2.45) is 10.8 Å². The second-order valence-corrected chi connectivity index (χ2v) is 22.9. The van der Waals surface area contributed by atoms with Gasteiger partial charge in [-0.15, -0.1) is 0 Å². The second-order valence-electron chi connectivity index (χ2n) is 13.0. The molecule has 2 aliphatic carbocycles. The summed E-state index contributed by atoms with van der Waals surface area (Å²) in [5, 5.41) is 7.96. The molecule has 2 unspecified atom stereocenters. The van der Waals surface area contributed by atoms with E-state index >= 15 is 0 Å². The maximum absolute atomic E-state index is 3.98. The van der Waals surface area contributed by atoms with Crippen LogP contribution in [0.1, 0.15) is 40.5 Å². The van der Waals surface area contributed by atoms with Gasteiger partial charge >= 0.3 is 254 Å². The number of nitrogens with one attached hydrogen (secondary N) is 2. The SMILES string of the molecule is C[SiH](C)C(Nc1ccccc1)C(C)(C)C1=[C]([Zr][C]2=C(C(C)(C)C(Nc3ccccc3)[SiH](C)C)C=CC2)CC=C1. The van der Waals surface area contributed by atoms with Crippen molar-refractivity contribution in [3.8, 4) is 0 Å². The van der Waals surface area contributed by atoms with Crippen molar-refractivity contribution in [3.05, 3.63) is 103 Å². The molecule has 0 aliphatic heterocycles. The molecule has 4 rings (SSSR count). The number of hydrogen-bond donors (Lipinski definition) is 2. The molecule has 2 aromatic rings. The first-order chi connectivity index (χ1) is 18.5. The summed E-state index contributed by atoms with van der Waals surface area (Å²) in [6.45, 7) is 20.0. The van der Waals surface area contributed by atoms with E-state index < -0.39 is 40.8 Å². The number of rotatable bonds is 12. The zero-order valence-electron chi connectivity index (χ0n) is 25.3. The standard InChI is InChI=1S/2C17H24NSi.Zr/c2*1-17(2,14-10-8-9-11-14)16(19(3)4)18-15-12-6-5-7-13-15;/h2*5-8,10,12-13,16,18-19H,9H2,1-4H3;. The minimum atomic E-state index is -0.989. The Bertz CT molecular complexity index is 1140. The number of para-hydroxylation sites is 2. The number of hydrogen-bond acceptors (Lipinski definition) is 2. The molecule has 0 saturated carbocycles. The fourth-order valence-electron chi connectivity index (χ4n) is 6.76. The minimum absolute atomic E-state index is 0.115. The summed E-state index contributed by atoms with van der Waals surface area (Å²) in [6.07, 6.45) is 12.2. The average Bonchev–Trinajstić information content (AvgIpc) is 3.57. The molecule has 39 heavy (non-hydrogen) atoms. The maximum atomic E-state index is 3.98. The van der Waals surface area contributed by atoms with E-state index in [2.05, 4.69) is 149 Å². The molecule has 5 heteroatoms. The van der Waals surface area contributed by atoms with Crippen LogP contribution in [-0.2, 0) is 23.2 Å². The van der Waals surface area contributed by atoms with E-state index in [9.17, 15) is 0 Å². The first kappa shape index (κ1) is 30.3. The van der Waals surface area contributed by atoms with Gasteiger partial charge in [-0.1, -0.05) is 0 Å². The zero-order chi connectivity index (χ0) is 28.2. The van der Waals surface area contributed by atoms with Gasteiger partial charge in [0, 0.05) is 0 Å². The van der Waals surface area contributed by atoms with Crippen molar-refractivity contribution in [2.75, 3.05) is 10.6 Å².